The van der Waals surface area contributed by atoms with Crippen molar-refractivity contribution in [3.8, 4) is 0 Å². The minimum Gasteiger partial charge on any atom is -0.476 e. The van der Waals surface area contributed by atoms with Gasteiger partial charge in [-0.15, -0.1) is 0 Å². The first-order valence-corrected chi connectivity index (χ1v) is 2.90. The Balaban J connectivity index is 3.05. The van der Waals surface area contributed by atoms with Crippen LogP contribution < -0.4 is 5.38 Å². The molecule has 1 aromatic rings. The third-order valence-electron chi connectivity index (χ3n) is 0.663. The van der Waals surface area contributed by atoms with Crippen LogP contribution in [0.3, 0.4) is 0 Å². The van der Waals surface area contributed by atoms with Gasteiger partial charge in [-0.25, -0.2) is 0 Å². The van der Waals surface area contributed by atoms with E-state index in [0.717, 1.165) is 15.6 Å². The highest BCUT2D eigenvalue weighted by atomic mass is 28.1. The van der Waals surface area contributed by atoms with Crippen molar-refractivity contribution in [3.05, 3.63) is 18.4 Å². The second kappa shape index (κ2) is 1.30. The van der Waals surface area contributed by atoms with Crippen molar-refractivity contribution in [1.82, 2.24) is 0 Å². The van der Waals surface area contributed by atoms with E-state index >= 15 is 0 Å². The van der Waals surface area contributed by atoms with Crippen molar-refractivity contribution in [1.29, 1.82) is 0 Å². The summed E-state index contributed by atoms with van der Waals surface area (Å²) < 4.78 is 4.90. The van der Waals surface area contributed by atoms with Crippen molar-refractivity contribution in [3.63, 3.8) is 0 Å². The minimum absolute atomic E-state index is 1.03. The molecule has 0 aliphatic heterocycles. The molecule has 0 amide bonds. The highest BCUT2D eigenvalue weighted by molar-refractivity contribution is 6.29. The fraction of sp³-hybridized carbons (Fsp3) is 0. The molecule has 0 saturated heterocycles. The quantitative estimate of drug-likeness (QED) is 0.390. The highest BCUT2D eigenvalue weighted by Gasteiger charge is 1.75. The minimum atomic E-state index is 1.03. The van der Waals surface area contributed by atoms with Crippen LogP contribution in [0.25, 0.3) is 0 Å². The molecule has 0 aliphatic carbocycles. The SMILES string of the molecule is [SiH3]c1ccco1. The van der Waals surface area contributed by atoms with Crippen molar-refractivity contribution >= 4 is 15.6 Å². The second-order valence-corrected chi connectivity index (χ2v) is 2.21. The van der Waals surface area contributed by atoms with Gasteiger partial charge in [0.05, 0.1) is 21.9 Å². The van der Waals surface area contributed by atoms with Crippen LogP contribution in [-0.4, -0.2) is 10.2 Å². The highest BCUT2D eigenvalue weighted by Crippen LogP contribution is 1.75. The van der Waals surface area contributed by atoms with Crippen molar-refractivity contribution in [2.45, 2.75) is 0 Å². The molecule has 0 aromatic carbocycles. The summed E-state index contributed by atoms with van der Waals surface area (Å²) in [5.41, 5.74) is 0. The Kier molecular flexibility index (Phi) is 0.799. The molecule has 0 fully saturated rings. The van der Waals surface area contributed by atoms with E-state index in [1.165, 1.54) is 0 Å². The van der Waals surface area contributed by atoms with E-state index in [2.05, 4.69) is 0 Å². The average Bonchev–Trinajstić information content (AvgIpc) is 1.86. The zero-order chi connectivity index (χ0) is 4.41. The molecule has 0 aliphatic rings. The fourth-order valence-electron chi connectivity index (χ4n) is 0.361. The summed E-state index contributed by atoms with van der Waals surface area (Å²) >= 11 is 0. The number of furan rings is 1. The molecule has 1 heterocycles. The second-order valence-electron chi connectivity index (χ2n) is 1.22. The lowest BCUT2D eigenvalue weighted by Gasteiger charge is -1.69. The predicted octanol–water partition coefficient (Wildman–Crippen LogP) is -0.730. The average molecular weight is 98.2 g/mol. The van der Waals surface area contributed by atoms with Gasteiger partial charge in [-0.3, -0.25) is 0 Å². The third-order valence-corrected chi connectivity index (χ3v) is 1.23. The molecule has 0 spiro atoms. The number of hydrogen-bond acceptors (Lipinski definition) is 1. The first-order chi connectivity index (χ1) is 2.89. The first-order valence-electron chi connectivity index (χ1n) is 1.90. The monoisotopic (exact) mass is 98.0 g/mol. The molecule has 0 unspecified atom stereocenters. The van der Waals surface area contributed by atoms with Gasteiger partial charge in [0.1, 0.15) is 0 Å². The van der Waals surface area contributed by atoms with Crippen LogP contribution in [0.15, 0.2) is 22.8 Å². The van der Waals surface area contributed by atoms with Crippen LogP contribution in [0.2, 0.25) is 0 Å². The van der Waals surface area contributed by atoms with E-state index < -0.39 is 0 Å². The largest absolute Gasteiger partial charge is 0.476 e. The van der Waals surface area contributed by atoms with Gasteiger partial charge in [-0.2, -0.15) is 0 Å². The van der Waals surface area contributed by atoms with E-state index in [9.17, 15) is 0 Å². The Bertz CT molecular complexity index is 111. The molecule has 2 heteroatoms. The maximum Gasteiger partial charge on any atom is 0.0899 e. The fourth-order valence-corrected chi connectivity index (χ4v) is 0.689. The predicted molar refractivity (Wildman–Crippen MR) is 28.3 cm³/mol. The van der Waals surface area contributed by atoms with Gasteiger partial charge < -0.3 is 4.42 Å². The molecular formula is C4H6OSi. The van der Waals surface area contributed by atoms with Crippen molar-refractivity contribution < 1.29 is 4.42 Å². The van der Waals surface area contributed by atoms with Crippen LogP contribution in [0.1, 0.15) is 0 Å². The topological polar surface area (TPSA) is 13.1 Å². The Morgan fingerprint density at radius 1 is 1.67 bits per heavy atom. The van der Waals surface area contributed by atoms with Crippen LogP contribution in [0, 0.1) is 0 Å². The molecule has 1 rings (SSSR count). The standard InChI is InChI=1S/C4H6OSi/c6-4-2-1-3-5-4/h1-3H,6H3. The summed E-state index contributed by atoms with van der Waals surface area (Å²) in [4.78, 5) is 0. The maximum absolute atomic E-state index is 4.90. The van der Waals surface area contributed by atoms with E-state index in [1.807, 2.05) is 12.1 Å². The van der Waals surface area contributed by atoms with Crippen molar-refractivity contribution in [2.75, 3.05) is 0 Å². The van der Waals surface area contributed by atoms with Gasteiger partial charge in [0, 0.05) is 0 Å². The van der Waals surface area contributed by atoms with Crippen LogP contribution in [-0.2, 0) is 0 Å². The molecule has 32 valence electrons. The maximum atomic E-state index is 4.90. The smallest absolute Gasteiger partial charge is 0.0899 e. The summed E-state index contributed by atoms with van der Waals surface area (Å²) in [5, 5.41) is 1.11. The molecule has 0 atom stereocenters. The third kappa shape index (κ3) is 0.516. The van der Waals surface area contributed by atoms with E-state index in [4.69, 9.17) is 4.42 Å². The molecule has 1 nitrogen and oxygen atoms in total. The molecule has 0 N–H and O–H groups in total. The summed E-state index contributed by atoms with van der Waals surface area (Å²) in [6.45, 7) is 0. The molecule has 0 radical (unpaired) electrons. The van der Waals surface area contributed by atoms with Gasteiger partial charge in [0.25, 0.3) is 0 Å². The summed E-state index contributed by atoms with van der Waals surface area (Å²) in [5.74, 6) is 0. The Hall–Kier alpha value is -0.503. The summed E-state index contributed by atoms with van der Waals surface area (Å²) in [7, 11) is 1.03. The van der Waals surface area contributed by atoms with Crippen LogP contribution in [0.5, 0.6) is 0 Å². The first kappa shape index (κ1) is 3.68. The molecule has 0 bridgehead atoms. The molecule has 1 aromatic heterocycles. The summed E-state index contributed by atoms with van der Waals surface area (Å²) in [6.07, 6.45) is 1.70. The lowest BCUT2D eigenvalue weighted by Crippen LogP contribution is -1.92. The zero-order valence-corrected chi connectivity index (χ0v) is 5.64. The van der Waals surface area contributed by atoms with E-state index in [0.29, 0.717) is 0 Å². The zero-order valence-electron chi connectivity index (χ0n) is 3.64. The molecule has 0 saturated carbocycles. The van der Waals surface area contributed by atoms with E-state index in [1.54, 1.807) is 6.26 Å². The Labute approximate surface area is 39.4 Å². The lowest BCUT2D eigenvalue weighted by atomic mass is 10.7. The van der Waals surface area contributed by atoms with Crippen LogP contribution in [0.4, 0.5) is 0 Å². The van der Waals surface area contributed by atoms with Gasteiger partial charge in [0.2, 0.25) is 0 Å². The summed E-state index contributed by atoms with van der Waals surface area (Å²) in [6, 6.07) is 3.88. The van der Waals surface area contributed by atoms with Gasteiger partial charge in [0.15, 0.2) is 0 Å². The Morgan fingerprint density at radius 3 is 2.67 bits per heavy atom. The number of rotatable bonds is 0. The van der Waals surface area contributed by atoms with Crippen LogP contribution >= 0.6 is 0 Å². The molecule has 6 heavy (non-hydrogen) atoms. The number of hydrogen-bond donors (Lipinski definition) is 0. The lowest BCUT2D eigenvalue weighted by molar-refractivity contribution is 0.602. The van der Waals surface area contributed by atoms with Gasteiger partial charge in [-0.05, 0) is 12.1 Å². The van der Waals surface area contributed by atoms with Crippen molar-refractivity contribution in [2.24, 2.45) is 0 Å². The normalized spacial score (nSPS) is 9.33. The van der Waals surface area contributed by atoms with E-state index in [-0.39, 0.29) is 0 Å². The van der Waals surface area contributed by atoms with Gasteiger partial charge in [-0.1, -0.05) is 0 Å². The van der Waals surface area contributed by atoms with Gasteiger partial charge >= 0.3 is 0 Å². The Morgan fingerprint density at radius 2 is 2.50 bits per heavy atom. The molecular weight excluding hydrogens is 92.1 g/mol.